The maximum Gasteiger partial charge on any atom is 0.317 e. The maximum atomic E-state index is 12.3. The number of benzene rings is 1. The Morgan fingerprint density at radius 1 is 1.19 bits per heavy atom. The number of para-hydroxylation sites is 1. The van der Waals surface area contributed by atoms with Crippen LogP contribution >= 0.6 is 0 Å². The van der Waals surface area contributed by atoms with Crippen molar-refractivity contribution in [1.82, 2.24) is 14.8 Å². The van der Waals surface area contributed by atoms with Crippen LogP contribution in [-0.2, 0) is 6.54 Å². The van der Waals surface area contributed by atoms with E-state index in [9.17, 15) is 9.59 Å². The van der Waals surface area contributed by atoms with E-state index < -0.39 is 0 Å². The maximum absolute atomic E-state index is 12.3. The zero-order chi connectivity index (χ0) is 18.4. The van der Waals surface area contributed by atoms with Crippen LogP contribution in [0.4, 0.5) is 4.79 Å². The summed E-state index contributed by atoms with van der Waals surface area (Å²) in [4.78, 5) is 25.9. The summed E-state index contributed by atoms with van der Waals surface area (Å²) in [7, 11) is 0. The van der Waals surface area contributed by atoms with Crippen LogP contribution in [0.15, 0.2) is 53.3 Å². The molecule has 0 bridgehead atoms. The number of hydrogen-bond donors (Lipinski definition) is 1. The smallest absolute Gasteiger partial charge is 0.317 e. The summed E-state index contributed by atoms with van der Waals surface area (Å²) in [5, 5.41) is 2.93. The van der Waals surface area contributed by atoms with Gasteiger partial charge in [-0.15, -0.1) is 0 Å². The normalized spacial score (nSPS) is 16.5. The topological polar surface area (TPSA) is 63.6 Å². The Kier molecular flexibility index (Phi) is 5.94. The lowest BCUT2D eigenvalue weighted by molar-refractivity contribution is 0.187. The molecule has 2 amide bonds. The minimum Gasteiger partial charge on any atom is -0.489 e. The summed E-state index contributed by atoms with van der Waals surface area (Å²) in [6.45, 7) is 4.35. The molecule has 0 aliphatic carbocycles. The number of rotatable bonds is 6. The van der Waals surface area contributed by atoms with E-state index >= 15 is 0 Å². The predicted molar refractivity (Wildman–Crippen MR) is 101 cm³/mol. The standard InChI is InChI=1S/C20H25N3O3/c1-16-7-5-10-19(24)23(16)13-6-12-21-20(25)22-14-11-18(15-22)26-17-8-3-2-4-9-17/h2-5,7-10,18H,6,11-15H2,1H3,(H,21,25). The molecule has 1 atom stereocenters. The number of amides is 2. The van der Waals surface area contributed by atoms with Gasteiger partial charge in [-0.3, -0.25) is 4.79 Å². The number of nitrogens with zero attached hydrogens (tertiary/aromatic N) is 2. The van der Waals surface area contributed by atoms with E-state index in [0.717, 1.165) is 17.9 Å². The third-order valence-corrected chi connectivity index (χ3v) is 4.58. The first-order valence-corrected chi connectivity index (χ1v) is 9.04. The molecule has 1 saturated heterocycles. The molecule has 1 unspecified atom stereocenters. The van der Waals surface area contributed by atoms with Crippen LogP contribution in [0.1, 0.15) is 18.5 Å². The zero-order valence-electron chi connectivity index (χ0n) is 15.1. The quantitative estimate of drug-likeness (QED) is 0.810. The van der Waals surface area contributed by atoms with Gasteiger partial charge in [-0.25, -0.2) is 4.79 Å². The number of urea groups is 1. The lowest BCUT2D eigenvalue weighted by Gasteiger charge is -2.18. The predicted octanol–water partition coefficient (Wildman–Crippen LogP) is 2.41. The van der Waals surface area contributed by atoms with Crippen molar-refractivity contribution in [3.8, 4) is 5.75 Å². The Morgan fingerprint density at radius 3 is 2.77 bits per heavy atom. The highest BCUT2D eigenvalue weighted by Crippen LogP contribution is 2.17. The molecular formula is C20H25N3O3. The molecule has 26 heavy (non-hydrogen) atoms. The van der Waals surface area contributed by atoms with Gasteiger partial charge in [-0.05, 0) is 31.5 Å². The highest BCUT2D eigenvalue weighted by Gasteiger charge is 2.27. The molecule has 2 aromatic rings. The van der Waals surface area contributed by atoms with Crippen LogP contribution in [0.25, 0.3) is 0 Å². The van der Waals surface area contributed by atoms with Crippen molar-refractivity contribution < 1.29 is 9.53 Å². The van der Waals surface area contributed by atoms with Gasteiger partial charge in [0.25, 0.3) is 5.56 Å². The Labute approximate surface area is 153 Å². The molecule has 3 rings (SSSR count). The minimum atomic E-state index is -0.0682. The second-order valence-corrected chi connectivity index (χ2v) is 6.53. The van der Waals surface area contributed by atoms with Gasteiger partial charge >= 0.3 is 6.03 Å². The first-order valence-electron chi connectivity index (χ1n) is 9.04. The Morgan fingerprint density at radius 2 is 2.00 bits per heavy atom. The third-order valence-electron chi connectivity index (χ3n) is 4.58. The second-order valence-electron chi connectivity index (χ2n) is 6.53. The molecule has 1 aliphatic heterocycles. The minimum absolute atomic E-state index is 0.00299. The first kappa shape index (κ1) is 18.0. The van der Waals surface area contributed by atoms with Crippen LogP contribution in [0.3, 0.4) is 0 Å². The van der Waals surface area contributed by atoms with E-state index in [-0.39, 0.29) is 17.7 Å². The Balaban J connectivity index is 1.40. The average molecular weight is 355 g/mol. The van der Waals surface area contributed by atoms with Crippen LogP contribution in [0, 0.1) is 6.92 Å². The number of ether oxygens (including phenoxy) is 1. The van der Waals surface area contributed by atoms with Crippen molar-refractivity contribution in [3.05, 3.63) is 64.6 Å². The summed E-state index contributed by atoms with van der Waals surface area (Å²) in [5.74, 6) is 0.837. The number of aromatic nitrogens is 1. The average Bonchev–Trinajstić information content (AvgIpc) is 3.10. The van der Waals surface area contributed by atoms with E-state index in [1.807, 2.05) is 43.3 Å². The molecule has 1 aromatic carbocycles. The van der Waals surface area contributed by atoms with Gasteiger partial charge in [-0.1, -0.05) is 24.3 Å². The number of carbonyl (C=O) groups excluding carboxylic acids is 1. The Bertz CT molecular complexity index is 788. The van der Waals surface area contributed by atoms with E-state index in [1.165, 1.54) is 0 Å². The van der Waals surface area contributed by atoms with Gasteiger partial charge in [0.05, 0.1) is 6.54 Å². The fourth-order valence-electron chi connectivity index (χ4n) is 3.15. The van der Waals surface area contributed by atoms with Crippen molar-refractivity contribution in [2.45, 2.75) is 32.4 Å². The summed E-state index contributed by atoms with van der Waals surface area (Å²) >= 11 is 0. The molecule has 138 valence electrons. The molecule has 1 aliphatic rings. The second kappa shape index (κ2) is 8.56. The number of likely N-dealkylation sites (tertiary alicyclic amines) is 1. The summed E-state index contributed by atoms with van der Waals surface area (Å²) in [5.41, 5.74) is 0.932. The van der Waals surface area contributed by atoms with Crippen molar-refractivity contribution >= 4 is 6.03 Å². The van der Waals surface area contributed by atoms with Gasteiger partial charge in [0.1, 0.15) is 11.9 Å². The fourth-order valence-corrected chi connectivity index (χ4v) is 3.15. The molecule has 1 fully saturated rings. The first-order chi connectivity index (χ1) is 12.6. The van der Waals surface area contributed by atoms with E-state index in [1.54, 1.807) is 21.6 Å². The van der Waals surface area contributed by atoms with Crippen molar-refractivity contribution in [3.63, 3.8) is 0 Å². The van der Waals surface area contributed by atoms with Gasteiger partial charge in [0.15, 0.2) is 0 Å². The van der Waals surface area contributed by atoms with Crippen molar-refractivity contribution in [2.24, 2.45) is 0 Å². The van der Waals surface area contributed by atoms with Crippen LogP contribution < -0.4 is 15.6 Å². The Hall–Kier alpha value is -2.76. The van der Waals surface area contributed by atoms with Gasteiger partial charge < -0.3 is 19.5 Å². The molecule has 0 saturated carbocycles. The highest BCUT2D eigenvalue weighted by molar-refractivity contribution is 5.74. The largest absolute Gasteiger partial charge is 0.489 e. The third kappa shape index (κ3) is 4.65. The molecule has 1 aromatic heterocycles. The van der Waals surface area contributed by atoms with E-state index in [4.69, 9.17) is 4.74 Å². The molecule has 2 heterocycles. The van der Waals surface area contributed by atoms with Crippen LogP contribution in [-0.4, -0.2) is 41.2 Å². The van der Waals surface area contributed by atoms with Gasteiger partial charge in [0, 0.05) is 37.8 Å². The SMILES string of the molecule is Cc1cccc(=O)n1CCCNC(=O)N1CCC(Oc2ccccc2)C1. The molecular weight excluding hydrogens is 330 g/mol. The number of aryl methyl sites for hydroxylation is 1. The van der Waals surface area contributed by atoms with Crippen LogP contribution in [0.5, 0.6) is 5.75 Å². The molecule has 1 N–H and O–H groups in total. The van der Waals surface area contributed by atoms with Crippen molar-refractivity contribution in [2.75, 3.05) is 19.6 Å². The number of pyridine rings is 1. The monoisotopic (exact) mass is 355 g/mol. The number of nitrogens with one attached hydrogen (secondary N) is 1. The molecule has 6 nitrogen and oxygen atoms in total. The van der Waals surface area contributed by atoms with Gasteiger partial charge in [-0.2, -0.15) is 0 Å². The fraction of sp³-hybridized carbons (Fsp3) is 0.400. The van der Waals surface area contributed by atoms with E-state index in [0.29, 0.717) is 32.6 Å². The van der Waals surface area contributed by atoms with E-state index in [2.05, 4.69) is 5.32 Å². The highest BCUT2D eigenvalue weighted by atomic mass is 16.5. The summed E-state index contributed by atoms with van der Waals surface area (Å²) in [6.07, 6.45) is 1.59. The lowest BCUT2D eigenvalue weighted by Crippen LogP contribution is -2.40. The molecule has 0 spiro atoms. The number of hydrogen-bond acceptors (Lipinski definition) is 3. The van der Waals surface area contributed by atoms with Crippen LogP contribution in [0.2, 0.25) is 0 Å². The van der Waals surface area contributed by atoms with Crippen molar-refractivity contribution in [1.29, 1.82) is 0 Å². The molecule has 6 heteroatoms. The molecule has 0 radical (unpaired) electrons. The van der Waals surface area contributed by atoms with Gasteiger partial charge in [0.2, 0.25) is 0 Å². The summed E-state index contributed by atoms with van der Waals surface area (Å²) in [6, 6.07) is 14.8. The zero-order valence-corrected chi connectivity index (χ0v) is 15.1. The lowest BCUT2D eigenvalue weighted by atomic mass is 10.3. The number of carbonyl (C=O) groups is 1. The summed E-state index contributed by atoms with van der Waals surface area (Å²) < 4.78 is 7.63.